The third-order valence-corrected chi connectivity index (χ3v) is 2.06. The lowest BCUT2D eigenvalue weighted by Gasteiger charge is -2.17. The van der Waals surface area contributed by atoms with Gasteiger partial charge in [0, 0.05) is 0 Å². The molecule has 0 saturated carbocycles. The number of aliphatic hydroxyl groups is 1. The fourth-order valence-electron chi connectivity index (χ4n) is 1.19. The van der Waals surface area contributed by atoms with Crippen LogP contribution >= 0.6 is 0 Å². The Morgan fingerprint density at radius 1 is 1.17 bits per heavy atom. The predicted molar refractivity (Wildman–Crippen MR) is 57.8 cm³/mol. The molecule has 0 aromatic carbocycles. The lowest BCUT2D eigenvalue weighted by atomic mass is 9.95. The van der Waals surface area contributed by atoms with Crippen LogP contribution < -0.4 is 0 Å². The molecule has 0 aromatic heterocycles. The van der Waals surface area contributed by atoms with Crippen molar-refractivity contribution >= 4 is 23.1 Å². The maximum atomic E-state index is 9.48. The van der Waals surface area contributed by atoms with Crippen molar-refractivity contribution in [2.45, 2.75) is 52.1 Å². The van der Waals surface area contributed by atoms with Crippen LogP contribution in [0.3, 0.4) is 0 Å². The Balaban J connectivity index is 0. The second-order valence-corrected chi connectivity index (χ2v) is 3.26. The SMILES string of the molecule is [CH2]C(CCCC)C(O)CCC.[MgH2]. The summed E-state index contributed by atoms with van der Waals surface area (Å²) in [6.45, 7) is 8.20. The lowest BCUT2D eigenvalue weighted by molar-refractivity contribution is 0.113. The Morgan fingerprint density at radius 3 is 2.17 bits per heavy atom. The van der Waals surface area contributed by atoms with E-state index in [1.807, 2.05) is 0 Å². The average Bonchev–Trinajstić information content (AvgIpc) is 2.00. The molecule has 1 radical (unpaired) electrons. The van der Waals surface area contributed by atoms with E-state index >= 15 is 0 Å². The van der Waals surface area contributed by atoms with E-state index in [1.54, 1.807) is 0 Å². The van der Waals surface area contributed by atoms with E-state index in [1.165, 1.54) is 12.8 Å². The summed E-state index contributed by atoms with van der Waals surface area (Å²) in [6.07, 6.45) is 5.24. The molecule has 2 atom stereocenters. The molecule has 0 amide bonds. The van der Waals surface area contributed by atoms with E-state index in [-0.39, 0.29) is 35.1 Å². The van der Waals surface area contributed by atoms with Gasteiger partial charge in [0.25, 0.3) is 0 Å². The Hall–Kier alpha value is 0.726. The third kappa shape index (κ3) is 7.38. The normalized spacial score (nSPS) is 15.0. The molecule has 2 unspecified atom stereocenters. The van der Waals surface area contributed by atoms with E-state index in [0.29, 0.717) is 0 Å². The summed E-state index contributed by atoms with van der Waals surface area (Å²) in [5.41, 5.74) is 0. The first-order chi connectivity index (χ1) is 5.22. The second-order valence-electron chi connectivity index (χ2n) is 3.26. The number of hydrogen-bond donors (Lipinski definition) is 1. The molecular formula is C10H23MgO. The van der Waals surface area contributed by atoms with Crippen LogP contribution in [-0.4, -0.2) is 34.3 Å². The van der Waals surface area contributed by atoms with Gasteiger partial charge in [0.1, 0.15) is 0 Å². The average molecular weight is 184 g/mol. The Kier molecular flexibility index (Phi) is 12.4. The molecule has 0 bridgehead atoms. The van der Waals surface area contributed by atoms with E-state index in [4.69, 9.17) is 0 Å². The first kappa shape index (κ1) is 15.2. The highest BCUT2D eigenvalue weighted by atomic mass is 24.3. The summed E-state index contributed by atoms with van der Waals surface area (Å²) in [6, 6.07) is 0. The first-order valence-corrected chi connectivity index (χ1v) is 4.73. The summed E-state index contributed by atoms with van der Waals surface area (Å²) in [5, 5.41) is 9.48. The maximum absolute atomic E-state index is 9.48. The summed E-state index contributed by atoms with van der Waals surface area (Å²) in [5.74, 6) is 0.245. The molecular weight excluding hydrogens is 160 g/mol. The minimum atomic E-state index is -0.174. The van der Waals surface area contributed by atoms with Crippen molar-refractivity contribution in [2.75, 3.05) is 0 Å². The van der Waals surface area contributed by atoms with Gasteiger partial charge in [-0.1, -0.05) is 33.1 Å². The molecule has 1 nitrogen and oxygen atoms in total. The summed E-state index contributed by atoms with van der Waals surface area (Å²) < 4.78 is 0. The fourth-order valence-corrected chi connectivity index (χ4v) is 1.19. The van der Waals surface area contributed by atoms with Crippen LogP contribution in [0.4, 0.5) is 0 Å². The van der Waals surface area contributed by atoms with Crippen molar-refractivity contribution in [1.82, 2.24) is 0 Å². The molecule has 0 aliphatic heterocycles. The third-order valence-electron chi connectivity index (χ3n) is 2.06. The van der Waals surface area contributed by atoms with Crippen LogP contribution in [0.15, 0.2) is 0 Å². The van der Waals surface area contributed by atoms with Gasteiger partial charge in [-0.2, -0.15) is 0 Å². The zero-order chi connectivity index (χ0) is 8.69. The van der Waals surface area contributed by atoms with Gasteiger partial charge in [-0.05, 0) is 25.7 Å². The molecule has 1 N–H and O–H groups in total. The Morgan fingerprint density at radius 2 is 1.75 bits per heavy atom. The van der Waals surface area contributed by atoms with Gasteiger partial charge in [0.2, 0.25) is 0 Å². The zero-order valence-corrected chi connectivity index (χ0v) is 7.84. The molecule has 0 fully saturated rings. The number of unbranched alkanes of at least 4 members (excludes halogenated alkanes) is 1. The van der Waals surface area contributed by atoms with Gasteiger partial charge in [-0.25, -0.2) is 0 Å². The second kappa shape index (κ2) is 9.81. The molecule has 0 aromatic rings. The molecule has 0 aliphatic carbocycles. The molecule has 0 rings (SSSR count). The largest absolute Gasteiger partial charge is 0.393 e. The zero-order valence-electron chi connectivity index (χ0n) is 7.84. The van der Waals surface area contributed by atoms with E-state index in [9.17, 15) is 5.11 Å². The maximum Gasteiger partial charge on any atom is 0.316 e. The van der Waals surface area contributed by atoms with Gasteiger partial charge in [-0.15, -0.1) is 0 Å². The standard InChI is InChI=1S/C10H21O.Mg.2H/c1-4-6-8-9(3)10(11)7-5-2;;;/h9-11H,3-8H2,1-2H3;;;. The van der Waals surface area contributed by atoms with Crippen molar-refractivity contribution < 1.29 is 5.11 Å². The smallest absolute Gasteiger partial charge is 0.316 e. The Bertz CT molecular complexity index is 85.9. The molecule has 0 saturated heterocycles. The first-order valence-electron chi connectivity index (χ1n) is 4.73. The van der Waals surface area contributed by atoms with Gasteiger partial charge >= 0.3 is 23.1 Å². The topological polar surface area (TPSA) is 20.2 Å². The van der Waals surface area contributed by atoms with E-state index < -0.39 is 0 Å². The molecule has 0 heterocycles. The van der Waals surface area contributed by atoms with Gasteiger partial charge in [0.15, 0.2) is 0 Å². The molecule has 12 heavy (non-hydrogen) atoms. The Labute approximate surface area is 93.1 Å². The molecule has 71 valence electrons. The summed E-state index contributed by atoms with van der Waals surface area (Å²) >= 11 is 0. The van der Waals surface area contributed by atoms with Crippen LogP contribution in [0, 0.1) is 12.8 Å². The predicted octanol–water partition coefficient (Wildman–Crippen LogP) is 1.87. The van der Waals surface area contributed by atoms with E-state index in [2.05, 4.69) is 20.8 Å². The monoisotopic (exact) mass is 183 g/mol. The highest BCUT2D eigenvalue weighted by molar-refractivity contribution is 5.75. The number of rotatable bonds is 6. The van der Waals surface area contributed by atoms with Crippen molar-refractivity contribution in [3.63, 3.8) is 0 Å². The lowest BCUT2D eigenvalue weighted by Crippen LogP contribution is -2.17. The highest BCUT2D eigenvalue weighted by Crippen LogP contribution is 2.15. The fraction of sp³-hybridized carbons (Fsp3) is 0.900. The molecule has 2 heteroatoms. The van der Waals surface area contributed by atoms with Gasteiger partial charge in [-0.3, -0.25) is 0 Å². The van der Waals surface area contributed by atoms with Crippen LogP contribution in [0.25, 0.3) is 0 Å². The highest BCUT2D eigenvalue weighted by Gasteiger charge is 2.11. The summed E-state index contributed by atoms with van der Waals surface area (Å²) in [7, 11) is 0. The number of hydrogen-bond acceptors (Lipinski definition) is 1. The van der Waals surface area contributed by atoms with Crippen molar-refractivity contribution in [3.8, 4) is 0 Å². The minimum absolute atomic E-state index is 0. The van der Waals surface area contributed by atoms with Crippen LogP contribution in [0.5, 0.6) is 0 Å². The quantitative estimate of drug-likeness (QED) is 0.624. The number of aliphatic hydroxyl groups excluding tert-OH is 1. The van der Waals surface area contributed by atoms with E-state index in [0.717, 1.165) is 19.3 Å². The van der Waals surface area contributed by atoms with Gasteiger partial charge in [0.05, 0.1) is 6.10 Å². The van der Waals surface area contributed by atoms with Gasteiger partial charge < -0.3 is 5.11 Å². The van der Waals surface area contributed by atoms with Crippen molar-refractivity contribution in [3.05, 3.63) is 6.92 Å². The van der Waals surface area contributed by atoms with Crippen molar-refractivity contribution in [1.29, 1.82) is 0 Å². The van der Waals surface area contributed by atoms with Crippen LogP contribution in [0.2, 0.25) is 0 Å². The van der Waals surface area contributed by atoms with Crippen LogP contribution in [0.1, 0.15) is 46.0 Å². The van der Waals surface area contributed by atoms with Crippen molar-refractivity contribution in [2.24, 2.45) is 5.92 Å². The molecule has 0 spiro atoms. The molecule has 0 aliphatic rings. The van der Waals surface area contributed by atoms with Crippen LogP contribution in [-0.2, 0) is 0 Å². The minimum Gasteiger partial charge on any atom is -0.393 e. The summed E-state index contributed by atoms with van der Waals surface area (Å²) in [4.78, 5) is 0.